The van der Waals surface area contributed by atoms with Gasteiger partial charge in [0, 0.05) is 12.6 Å². The number of benzene rings is 2. The molecule has 116 valence electrons. The minimum atomic E-state index is -3.45. The maximum absolute atomic E-state index is 13.0. The number of hydrogen-bond donors (Lipinski definition) is 0. The highest BCUT2D eigenvalue weighted by atomic mass is 32.2. The largest absolute Gasteiger partial charge is 0.243 e. The van der Waals surface area contributed by atoms with Crippen molar-refractivity contribution >= 4 is 10.0 Å². The van der Waals surface area contributed by atoms with Gasteiger partial charge in [0.2, 0.25) is 10.0 Å². The summed E-state index contributed by atoms with van der Waals surface area (Å²) >= 11 is 0. The first kappa shape index (κ1) is 15.3. The maximum atomic E-state index is 13.0. The first-order chi connectivity index (χ1) is 10.7. The Kier molecular flexibility index (Phi) is 4.60. The van der Waals surface area contributed by atoms with Crippen LogP contribution in [0.15, 0.2) is 65.6 Å². The topological polar surface area (TPSA) is 37.4 Å². The molecule has 0 aromatic heterocycles. The van der Waals surface area contributed by atoms with E-state index in [1.165, 1.54) is 0 Å². The van der Waals surface area contributed by atoms with E-state index in [4.69, 9.17) is 0 Å². The van der Waals surface area contributed by atoms with Crippen molar-refractivity contribution in [3.05, 3.63) is 66.2 Å². The highest BCUT2D eigenvalue weighted by Crippen LogP contribution is 2.30. The van der Waals surface area contributed by atoms with E-state index in [9.17, 15) is 8.42 Å². The molecule has 0 spiro atoms. The molecular weight excluding hydrogens is 294 g/mol. The highest BCUT2D eigenvalue weighted by Gasteiger charge is 2.33. The van der Waals surface area contributed by atoms with Gasteiger partial charge >= 0.3 is 0 Å². The van der Waals surface area contributed by atoms with E-state index in [1.54, 1.807) is 28.6 Å². The molecule has 0 bridgehead atoms. The predicted octanol–water partition coefficient (Wildman–Crippen LogP) is 3.82. The van der Waals surface area contributed by atoms with Gasteiger partial charge in [0.1, 0.15) is 0 Å². The lowest BCUT2D eigenvalue weighted by Crippen LogP contribution is -2.38. The summed E-state index contributed by atoms with van der Waals surface area (Å²) in [6.45, 7) is 0.447. The van der Waals surface area contributed by atoms with Crippen molar-refractivity contribution in [3.8, 4) is 0 Å². The van der Waals surface area contributed by atoms with Crippen LogP contribution in [0.5, 0.6) is 0 Å². The first-order valence-corrected chi connectivity index (χ1v) is 9.23. The zero-order valence-electron chi connectivity index (χ0n) is 12.6. The molecule has 0 heterocycles. The van der Waals surface area contributed by atoms with Crippen molar-refractivity contribution in [2.45, 2.75) is 43.2 Å². The number of nitrogens with zero attached hydrogens (tertiary/aromatic N) is 1. The summed E-state index contributed by atoms with van der Waals surface area (Å²) in [6, 6.07) is 18.7. The molecular formula is C18H21NO2S. The summed E-state index contributed by atoms with van der Waals surface area (Å²) in [5, 5.41) is 0. The molecule has 0 saturated heterocycles. The van der Waals surface area contributed by atoms with Crippen LogP contribution in [0.4, 0.5) is 0 Å². The fraction of sp³-hybridized carbons (Fsp3) is 0.333. The maximum Gasteiger partial charge on any atom is 0.243 e. The third-order valence-electron chi connectivity index (χ3n) is 4.26. The molecule has 4 heteroatoms. The van der Waals surface area contributed by atoms with E-state index in [2.05, 4.69) is 0 Å². The van der Waals surface area contributed by atoms with Gasteiger partial charge in [-0.25, -0.2) is 8.42 Å². The second kappa shape index (κ2) is 6.63. The number of rotatable bonds is 5. The summed E-state index contributed by atoms with van der Waals surface area (Å²) in [5.41, 5.74) is 1.04. The zero-order chi connectivity index (χ0) is 15.4. The van der Waals surface area contributed by atoms with Gasteiger partial charge < -0.3 is 0 Å². The van der Waals surface area contributed by atoms with E-state index in [1.807, 2.05) is 36.4 Å². The van der Waals surface area contributed by atoms with Gasteiger partial charge in [0.05, 0.1) is 4.90 Å². The van der Waals surface area contributed by atoms with Crippen molar-refractivity contribution in [1.29, 1.82) is 0 Å². The van der Waals surface area contributed by atoms with Crippen LogP contribution in [-0.2, 0) is 16.6 Å². The number of hydrogen-bond acceptors (Lipinski definition) is 2. The van der Waals surface area contributed by atoms with Gasteiger partial charge in [-0.3, -0.25) is 0 Å². The van der Waals surface area contributed by atoms with Crippen LogP contribution in [0.25, 0.3) is 0 Å². The SMILES string of the molecule is O=S(=O)(c1ccccc1)N(Cc1ccccc1)C1CCCC1. The average molecular weight is 315 g/mol. The van der Waals surface area contributed by atoms with Gasteiger partial charge in [-0.2, -0.15) is 4.31 Å². The van der Waals surface area contributed by atoms with Crippen LogP contribution >= 0.6 is 0 Å². The predicted molar refractivity (Wildman–Crippen MR) is 87.9 cm³/mol. The van der Waals surface area contributed by atoms with Gasteiger partial charge in [0.25, 0.3) is 0 Å². The second-order valence-corrected chi connectivity index (χ2v) is 7.68. The number of sulfonamides is 1. The van der Waals surface area contributed by atoms with Crippen molar-refractivity contribution in [3.63, 3.8) is 0 Å². The quantitative estimate of drug-likeness (QED) is 0.841. The van der Waals surface area contributed by atoms with Crippen LogP contribution in [0.1, 0.15) is 31.2 Å². The molecule has 3 rings (SSSR count). The van der Waals surface area contributed by atoms with Crippen molar-refractivity contribution in [1.82, 2.24) is 4.31 Å². The molecule has 0 unspecified atom stereocenters. The lowest BCUT2D eigenvalue weighted by atomic mass is 10.2. The lowest BCUT2D eigenvalue weighted by molar-refractivity contribution is 0.316. The molecule has 0 atom stereocenters. The van der Waals surface area contributed by atoms with Gasteiger partial charge in [-0.15, -0.1) is 0 Å². The summed E-state index contributed by atoms with van der Waals surface area (Å²) in [7, 11) is -3.45. The van der Waals surface area contributed by atoms with Crippen LogP contribution in [-0.4, -0.2) is 18.8 Å². The van der Waals surface area contributed by atoms with Crippen LogP contribution in [0, 0.1) is 0 Å². The molecule has 1 fully saturated rings. The van der Waals surface area contributed by atoms with Gasteiger partial charge in [0.15, 0.2) is 0 Å². The fourth-order valence-corrected chi connectivity index (χ4v) is 4.79. The molecule has 0 N–H and O–H groups in total. The summed E-state index contributed by atoms with van der Waals surface area (Å²) in [5.74, 6) is 0. The van der Waals surface area contributed by atoms with Crippen LogP contribution < -0.4 is 0 Å². The molecule has 3 nitrogen and oxygen atoms in total. The molecule has 2 aromatic rings. The van der Waals surface area contributed by atoms with Crippen molar-refractivity contribution in [2.24, 2.45) is 0 Å². The van der Waals surface area contributed by atoms with Crippen molar-refractivity contribution in [2.75, 3.05) is 0 Å². The van der Waals surface area contributed by atoms with Crippen LogP contribution in [0.3, 0.4) is 0 Å². The van der Waals surface area contributed by atoms with Gasteiger partial charge in [-0.05, 0) is 30.5 Å². The fourth-order valence-electron chi connectivity index (χ4n) is 3.09. The Morgan fingerprint density at radius 1 is 0.864 bits per heavy atom. The summed E-state index contributed by atoms with van der Waals surface area (Å²) in [4.78, 5) is 0.387. The van der Waals surface area contributed by atoms with Crippen molar-refractivity contribution < 1.29 is 8.42 Å². The molecule has 1 aliphatic rings. The van der Waals surface area contributed by atoms with E-state index >= 15 is 0 Å². The minimum absolute atomic E-state index is 0.116. The molecule has 1 saturated carbocycles. The average Bonchev–Trinajstić information content (AvgIpc) is 3.08. The van der Waals surface area contributed by atoms with E-state index in [0.717, 1.165) is 31.2 Å². The lowest BCUT2D eigenvalue weighted by Gasteiger charge is -2.28. The van der Waals surface area contributed by atoms with E-state index < -0.39 is 10.0 Å². The summed E-state index contributed by atoms with van der Waals surface area (Å²) in [6.07, 6.45) is 4.14. The smallest absolute Gasteiger partial charge is 0.207 e. The van der Waals surface area contributed by atoms with E-state index in [-0.39, 0.29) is 6.04 Å². The Balaban J connectivity index is 1.94. The molecule has 0 radical (unpaired) electrons. The Labute approximate surface area is 132 Å². The minimum Gasteiger partial charge on any atom is -0.207 e. The van der Waals surface area contributed by atoms with Gasteiger partial charge in [-0.1, -0.05) is 61.4 Å². The zero-order valence-corrected chi connectivity index (χ0v) is 13.4. The van der Waals surface area contributed by atoms with E-state index in [0.29, 0.717) is 11.4 Å². The Hall–Kier alpha value is -1.65. The first-order valence-electron chi connectivity index (χ1n) is 7.79. The highest BCUT2D eigenvalue weighted by molar-refractivity contribution is 7.89. The third kappa shape index (κ3) is 3.23. The third-order valence-corrected chi connectivity index (χ3v) is 6.18. The molecule has 22 heavy (non-hydrogen) atoms. The van der Waals surface area contributed by atoms with Crippen LogP contribution in [0.2, 0.25) is 0 Å². The molecule has 0 amide bonds. The Morgan fingerprint density at radius 2 is 1.41 bits per heavy atom. The molecule has 0 aliphatic heterocycles. The Bertz CT molecular complexity index is 692. The standard InChI is InChI=1S/C18H21NO2S/c20-22(21,18-13-5-2-6-14-18)19(17-11-7-8-12-17)15-16-9-3-1-4-10-16/h1-6,9-10,13-14,17H,7-8,11-12,15H2. The second-order valence-electron chi connectivity index (χ2n) is 5.79. The monoisotopic (exact) mass is 315 g/mol. The molecule has 1 aliphatic carbocycles. The molecule has 2 aromatic carbocycles. The Morgan fingerprint density at radius 3 is 2.00 bits per heavy atom. The summed E-state index contributed by atoms with van der Waals surface area (Å²) < 4.78 is 27.8. The normalized spacial score (nSPS) is 16.2.